The van der Waals surface area contributed by atoms with Gasteiger partial charge in [0, 0.05) is 31.8 Å². The van der Waals surface area contributed by atoms with Crippen molar-refractivity contribution < 1.29 is 13.3 Å². The van der Waals surface area contributed by atoms with Gasteiger partial charge in [0.05, 0.1) is 0 Å². The van der Waals surface area contributed by atoms with Gasteiger partial charge in [0.15, 0.2) is 0 Å². The lowest BCUT2D eigenvalue weighted by molar-refractivity contribution is 0.417. The van der Waals surface area contributed by atoms with Crippen molar-refractivity contribution in [3.8, 4) is 34.0 Å². The smallest absolute Gasteiger partial charge is 0.134 e. The molecule has 6 rings (SSSR count). The Morgan fingerprint density at radius 1 is 0.405 bits per heavy atom. The molecule has 0 atom stereocenters. The summed E-state index contributed by atoms with van der Waals surface area (Å²) in [6, 6.07) is 34.2. The molecule has 0 aliphatic rings. The first kappa shape index (κ1) is 23.7. The Bertz CT molecular complexity index is 1490. The van der Waals surface area contributed by atoms with Crippen LogP contribution in [0.2, 0.25) is 15.1 Å². The minimum Gasteiger partial charge on any atom is -0.460 e. The lowest BCUT2D eigenvalue weighted by atomic mass is 10.0. The van der Waals surface area contributed by atoms with Gasteiger partial charge in [-0.05, 0) is 72.8 Å². The van der Waals surface area contributed by atoms with E-state index >= 15 is 0 Å². The van der Waals surface area contributed by atoms with Gasteiger partial charge in [-0.2, -0.15) is 0 Å². The Hall–Kier alpha value is -3.63. The summed E-state index contributed by atoms with van der Waals surface area (Å²) >= 11 is 18.6. The molecule has 182 valence electrons. The van der Waals surface area contributed by atoms with E-state index in [1.165, 1.54) is 0 Å². The molecule has 3 nitrogen and oxygen atoms in total. The van der Waals surface area contributed by atoms with Crippen LogP contribution in [0.3, 0.4) is 0 Å². The van der Waals surface area contributed by atoms with Crippen LogP contribution in [-0.2, 0) is 0 Å². The minimum atomic E-state index is -0.422. The zero-order valence-corrected chi connectivity index (χ0v) is 21.6. The summed E-state index contributed by atoms with van der Waals surface area (Å²) in [5.41, 5.74) is 2.65. The van der Waals surface area contributed by atoms with E-state index < -0.39 is 5.92 Å². The lowest BCUT2D eigenvalue weighted by Crippen LogP contribution is -1.99. The molecule has 0 radical (unpaired) electrons. The number of rotatable bonds is 6. The van der Waals surface area contributed by atoms with E-state index in [0.29, 0.717) is 49.6 Å². The average Bonchev–Trinajstić information content (AvgIpc) is 3.67. The van der Waals surface area contributed by atoms with E-state index in [2.05, 4.69) is 0 Å². The fraction of sp³-hybridized carbons (Fsp3) is 0.0323. The Morgan fingerprint density at radius 2 is 0.730 bits per heavy atom. The van der Waals surface area contributed by atoms with Crippen molar-refractivity contribution in [1.29, 1.82) is 0 Å². The van der Waals surface area contributed by atoms with Crippen LogP contribution in [0.4, 0.5) is 0 Å². The van der Waals surface area contributed by atoms with Gasteiger partial charge >= 0.3 is 0 Å². The number of benzene rings is 3. The van der Waals surface area contributed by atoms with E-state index in [-0.39, 0.29) is 0 Å². The third-order valence-electron chi connectivity index (χ3n) is 6.06. The van der Waals surface area contributed by atoms with Gasteiger partial charge in [-0.1, -0.05) is 71.2 Å². The molecule has 0 bridgehead atoms. The van der Waals surface area contributed by atoms with E-state index in [0.717, 1.165) is 16.7 Å². The largest absolute Gasteiger partial charge is 0.460 e. The third kappa shape index (κ3) is 4.99. The van der Waals surface area contributed by atoms with Gasteiger partial charge in [-0.15, -0.1) is 0 Å². The SMILES string of the molecule is Clc1cccc(-c2ccc(C(c3ccc(-c4cccc(Cl)c4)o3)c3ccc(-c4cccc(Cl)c4)o3)o2)c1. The predicted octanol–water partition coefficient (Wildman–Crippen LogP) is 10.6. The Labute approximate surface area is 228 Å². The topological polar surface area (TPSA) is 39.4 Å². The molecule has 3 aromatic carbocycles. The second kappa shape index (κ2) is 10.0. The van der Waals surface area contributed by atoms with Crippen LogP contribution in [0.1, 0.15) is 23.2 Å². The molecular weight excluding hydrogens is 527 g/mol. The maximum absolute atomic E-state index is 6.34. The zero-order chi connectivity index (χ0) is 25.4. The van der Waals surface area contributed by atoms with E-state index in [9.17, 15) is 0 Å². The van der Waals surface area contributed by atoms with Crippen LogP contribution >= 0.6 is 34.8 Å². The number of hydrogen-bond acceptors (Lipinski definition) is 3. The summed E-state index contributed by atoms with van der Waals surface area (Å²) < 4.78 is 19.0. The van der Waals surface area contributed by atoms with Crippen LogP contribution in [0.15, 0.2) is 122 Å². The maximum Gasteiger partial charge on any atom is 0.134 e. The summed E-state index contributed by atoms with van der Waals surface area (Å²) in [5, 5.41) is 1.92. The van der Waals surface area contributed by atoms with Gasteiger partial charge in [-0.25, -0.2) is 0 Å². The second-order valence-electron chi connectivity index (χ2n) is 8.57. The molecule has 0 aliphatic carbocycles. The monoisotopic (exact) mass is 544 g/mol. The van der Waals surface area contributed by atoms with Crippen molar-refractivity contribution in [3.63, 3.8) is 0 Å². The van der Waals surface area contributed by atoms with Crippen molar-refractivity contribution in [2.24, 2.45) is 0 Å². The number of furan rings is 3. The molecule has 0 N–H and O–H groups in total. The fourth-order valence-electron chi connectivity index (χ4n) is 4.34. The van der Waals surface area contributed by atoms with Crippen LogP contribution < -0.4 is 0 Å². The summed E-state index contributed by atoms with van der Waals surface area (Å²) in [7, 11) is 0. The summed E-state index contributed by atoms with van der Waals surface area (Å²) in [4.78, 5) is 0. The van der Waals surface area contributed by atoms with Crippen LogP contribution in [-0.4, -0.2) is 0 Å². The fourth-order valence-corrected chi connectivity index (χ4v) is 4.91. The molecule has 3 heterocycles. The molecule has 0 amide bonds. The standard InChI is InChI=1S/C31H19Cl3O3/c32-22-7-1-4-19(16-22)25-10-13-28(35-25)31(29-14-11-26(36-29)20-5-2-8-23(33)17-20)30-15-12-27(37-30)21-6-3-9-24(34)18-21/h1-18,31H. The number of halogens is 3. The molecule has 0 fully saturated rings. The van der Waals surface area contributed by atoms with Gasteiger partial charge in [0.2, 0.25) is 0 Å². The van der Waals surface area contributed by atoms with Crippen LogP contribution in [0.25, 0.3) is 34.0 Å². The molecule has 3 aromatic heterocycles. The van der Waals surface area contributed by atoms with Gasteiger partial charge < -0.3 is 13.3 Å². The Kier molecular flexibility index (Phi) is 6.43. The molecular formula is C31H19Cl3O3. The third-order valence-corrected chi connectivity index (χ3v) is 6.77. The first-order chi connectivity index (χ1) is 18.0. The van der Waals surface area contributed by atoms with Crippen molar-refractivity contribution >= 4 is 34.8 Å². The molecule has 6 heteroatoms. The quantitative estimate of drug-likeness (QED) is 0.209. The summed E-state index contributed by atoms with van der Waals surface area (Å²) in [6.07, 6.45) is 0. The van der Waals surface area contributed by atoms with Gasteiger partial charge in [0.25, 0.3) is 0 Å². The Balaban J connectivity index is 1.43. The van der Waals surface area contributed by atoms with E-state index in [1.54, 1.807) is 0 Å². The first-order valence-electron chi connectivity index (χ1n) is 11.6. The molecule has 0 aliphatic heterocycles. The van der Waals surface area contributed by atoms with Crippen molar-refractivity contribution in [2.75, 3.05) is 0 Å². The number of hydrogen-bond donors (Lipinski definition) is 0. The van der Waals surface area contributed by atoms with Crippen molar-refractivity contribution in [2.45, 2.75) is 5.92 Å². The first-order valence-corrected chi connectivity index (χ1v) is 12.7. The molecule has 0 saturated heterocycles. The molecule has 6 aromatic rings. The highest BCUT2D eigenvalue weighted by Gasteiger charge is 2.28. The highest BCUT2D eigenvalue weighted by atomic mass is 35.5. The summed E-state index contributed by atoms with van der Waals surface area (Å²) in [5.74, 6) is 3.70. The average molecular weight is 546 g/mol. The van der Waals surface area contributed by atoms with Crippen LogP contribution in [0.5, 0.6) is 0 Å². The minimum absolute atomic E-state index is 0.422. The zero-order valence-electron chi connectivity index (χ0n) is 19.3. The van der Waals surface area contributed by atoms with Crippen molar-refractivity contribution in [3.05, 3.63) is 142 Å². The van der Waals surface area contributed by atoms with E-state index in [1.807, 2.05) is 109 Å². The predicted molar refractivity (Wildman–Crippen MR) is 148 cm³/mol. The highest BCUT2D eigenvalue weighted by molar-refractivity contribution is 6.31. The molecule has 0 unspecified atom stereocenters. The molecule has 37 heavy (non-hydrogen) atoms. The second-order valence-corrected chi connectivity index (χ2v) is 9.88. The normalized spacial score (nSPS) is 11.4. The summed E-state index contributed by atoms with van der Waals surface area (Å²) in [6.45, 7) is 0. The van der Waals surface area contributed by atoms with Gasteiger partial charge in [0.1, 0.15) is 40.5 Å². The van der Waals surface area contributed by atoms with Crippen LogP contribution in [0, 0.1) is 0 Å². The molecule has 0 saturated carbocycles. The van der Waals surface area contributed by atoms with E-state index in [4.69, 9.17) is 48.1 Å². The lowest BCUT2D eigenvalue weighted by Gasteiger charge is -2.10. The van der Waals surface area contributed by atoms with Crippen molar-refractivity contribution in [1.82, 2.24) is 0 Å². The Morgan fingerprint density at radius 3 is 1.03 bits per heavy atom. The maximum atomic E-state index is 6.34. The van der Waals surface area contributed by atoms with Gasteiger partial charge in [-0.3, -0.25) is 0 Å². The highest BCUT2D eigenvalue weighted by Crippen LogP contribution is 2.40. The molecule has 0 spiro atoms.